The lowest BCUT2D eigenvalue weighted by molar-refractivity contribution is 0.0968. The van der Waals surface area contributed by atoms with Crippen LogP contribution < -0.4 is 5.73 Å². The third-order valence-corrected chi connectivity index (χ3v) is 2.67. The van der Waals surface area contributed by atoms with E-state index >= 15 is 0 Å². The van der Waals surface area contributed by atoms with Crippen LogP contribution in [-0.2, 0) is 4.74 Å². The first kappa shape index (κ1) is 14.8. The molecule has 0 saturated heterocycles. The molecule has 0 aromatic heterocycles. The van der Waals surface area contributed by atoms with Gasteiger partial charge in [-0.05, 0) is 34.2 Å². The summed E-state index contributed by atoms with van der Waals surface area (Å²) in [6, 6.07) is 0.354. The van der Waals surface area contributed by atoms with Gasteiger partial charge in [0.15, 0.2) is 0 Å². The molecule has 0 spiro atoms. The van der Waals surface area contributed by atoms with Crippen molar-refractivity contribution in [2.45, 2.75) is 38.8 Å². The van der Waals surface area contributed by atoms with Crippen LogP contribution in [0.1, 0.15) is 27.2 Å². The van der Waals surface area contributed by atoms with E-state index in [0.29, 0.717) is 6.04 Å². The number of nitrogens with two attached hydrogens (primary N) is 1. The Morgan fingerprint density at radius 2 is 2.13 bits per heavy atom. The van der Waals surface area contributed by atoms with Gasteiger partial charge in [-0.15, -0.1) is 0 Å². The van der Waals surface area contributed by atoms with Crippen LogP contribution in [0, 0.1) is 0 Å². The van der Waals surface area contributed by atoms with Crippen molar-refractivity contribution in [1.82, 2.24) is 4.90 Å². The molecule has 4 heteroatoms. The van der Waals surface area contributed by atoms with Crippen LogP contribution in [0.4, 0.5) is 0 Å². The van der Waals surface area contributed by atoms with Crippen molar-refractivity contribution >= 4 is 0 Å². The first-order chi connectivity index (χ1) is 6.93. The van der Waals surface area contributed by atoms with Gasteiger partial charge >= 0.3 is 0 Å². The highest BCUT2D eigenvalue weighted by molar-refractivity contribution is 4.82. The van der Waals surface area contributed by atoms with Crippen LogP contribution in [0.15, 0.2) is 0 Å². The predicted octanol–water partition coefficient (Wildman–Crippen LogP) is 0.443. The number of rotatable bonds is 8. The predicted molar refractivity (Wildman–Crippen MR) is 62.9 cm³/mol. The molecule has 4 nitrogen and oxygen atoms in total. The maximum absolute atomic E-state index is 9.07. The third-order valence-electron chi connectivity index (χ3n) is 2.67. The molecule has 3 N–H and O–H groups in total. The van der Waals surface area contributed by atoms with Crippen molar-refractivity contribution < 1.29 is 9.84 Å². The lowest BCUT2D eigenvalue weighted by Crippen LogP contribution is -2.46. The molecule has 92 valence electrons. The molecule has 15 heavy (non-hydrogen) atoms. The summed E-state index contributed by atoms with van der Waals surface area (Å²) in [5.74, 6) is 0. The standard InChI is InChI=1S/C11H26N2O2/c1-5-15-7-6-13(4)10(2)8-11(3,12)9-14/h10,14H,5-9,12H2,1-4H3. The summed E-state index contributed by atoms with van der Waals surface area (Å²) < 4.78 is 5.29. The third kappa shape index (κ3) is 6.84. The van der Waals surface area contributed by atoms with E-state index in [1.54, 1.807) is 0 Å². The van der Waals surface area contributed by atoms with Crippen LogP contribution in [0.3, 0.4) is 0 Å². The van der Waals surface area contributed by atoms with E-state index in [4.69, 9.17) is 15.6 Å². The Balaban J connectivity index is 3.82. The van der Waals surface area contributed by atoms with Gasteiger partial charge in [-0.25, -0.2) is 0 Å². The Labute approximate surface area is 93.4 Å². The second-order valence-electron chi connectivity index (χ2n) is 4.54. The SMILES string of the molecule is CCOCCN(C)C(C)CC(C)(N)CO. The summed E-state index contributed by atoms with van der Waals surface area (Å²) in [6.07, 6.45) is 0.784. The summed E-state index contributed by atoms with van der Waals surface area (Å²) in [5.41, 5.74) is 5.41. The van der Waals surface area contributed by atoms with Crippen LogP contribution in [0.2, 0.25) is 0 Å². The van der Waals surface area contributed by atoms with Crippen LogP contribution >= 0.6 is 0 Å². The second-order valence-corrected chi connectivity index (χ2v) is 4.54. The monoisotopic (exact) mass is 218 g/mol. The zero-order chi connectivity index (χ0) is 11.9. The fourth-order valence-corrected chi connectivity index (χ4v) is 1.47. The van der Waals surface area contributed by atoms with Gasteiger partial charge in [0.05, 0.1) is 13.2 Å². The van der Waals surface area contributed by atoms with E-state index in [2.05, 4.69) is 18.9 Å². The van der Waals surface area contributed by atoms with Gasteiger partial charge in [-0.2, -0.15) is 0 Å². The number of likely N-dealkylation sites (N-methyl/N-ethyl adjacent to an activating group) is 1. The van der Waals surface area contributed by atoms with Gasteiger partial charge < -0.3 is 20.5 Å². The molecule has 0 aromatic rings. The average molecular weight is 218 g/mol. The Bertz CT molecular complexity index is 163. The number of nitrogens with zero attached hydrogens (tertiary/aromatic N) is 1. The molecule has 0 saturated carbocycles. The quantitative estimate of drug-likeness (QED) is 0.581. The molecule has 2 atom stereocenters. The summed E-state index contributed by atoms with van der Waals surface area (Å²) in [6.45, 7) is 8.41. The van der Waals surface area contributed by atoms with Crippen molar-refractivity contribution in [1.29, 1.82) is 0 Å². The van der Waals surface area contributed by atoms with Crippen molar-refractivity contribution in [2.75, 3.05) is 33.4 Å². The minimum absolute atomic E-state index is 0.0244. The molecule has 0 aromatic carbocycles. The van der Waals surface area contributed by atoms with E-state index in [9.17, 15) is 0 Å². The summed E-state index contributed by atoms with van der Waals surface area (Å²) >= 11 is 0. The minimum Gasteiger partial charge on any atom is -0.394 e. The summed E-state index contributed by atoms with van der Waals surface area (Å²) in [7, 11) is 2.05. The summed E-state index contributed by atoms with van der Waals surface area (Å²) in [4.78, 5) is 2.20. The minimum atomic E-state index is -0.487. The largest absolute Gasteiger partial charge is 0.394 e. The van der Waals surface area contributed by atoms with Crippen molar-refractivity contribution in [3.05, 3.63) is 0 Å². The topological polar surface area (TPSA) is 58.7 Å². The van der Waals surface area contributed by atoms with Gasteiger partial charge in [-0.3, -0.25) is 0 Å². The Hall–Kier alpha value is -0.160. The molecule has 0 fully saturated rings. The van der Waals surface area contributed by atoms with Crippen molar-refractivity contribution in [3.63, 3.8) is 0 Å². The Morgan fingerprint density at radius 3 is 2.60 bits per heavy atom. The van der Waals surface area contributed by atoms with Gasteiger partial charge in [-0.1, -0.05) is 0 Å². The highest BCUT2D eigenvalue weighted by Crippen LogP contribution is 2.11. The van der Waals surface area contributed by atoms with Gasteiger partial charge in [0.25, 0.3) is 0 Å². The van der Waals surface area contributed by atoms with E-state index in [1.165, 1.54) is 0 Å². The normalized spacial score (nSPS) is 17.8. The number of hydrogen-bond acceptors (Lipinski definition) is 4. The molecule has 0 amide bonds. The van der Waals surface area contributed by atoms with Gasteiger partial charge in [0, 0.05) is 24.7 Å². The molecule has 0 aliphatic heterocycles. The number of hydrogen-bond donors (Lipinski definition) is 2. The molecule has 0 bridgehead atoms. The van der Waals surface area contributed by atoms with Crippen LogP contribution in [-0.4, -0.2) is 55.0 Å². The summed E-state index contributed by atoms with van der Waals surface area (Å²) in [5, 5.41) is 9.07. The molecule has 0 heterocycles. The number of aliphatic hydroxyl groups is 1. The maximum atomic E-state index is 9.07. The molecule has 2 unspecified atom stereocenters. The molecule has 0 aliphatic rings. The molecular formula is C11H26N2O2. The first-order valence-electron chi connectivity index (χ1n) is 5.60. The van der Waals surface area contributed by atoms with Crippen molar-refractivity contribution in [2.24, 2.45) is 5.73 Å². The average Bonchev–Trinajstić information content (AvgIpc) is 2.17. The molecule has 0 radical (unpaired) electrons. The van der Waals surface area contributed by atoms with E-state index in [0.717, 1.165) is 26.2 Å². The highest BCUT2D eigenvalue weighted by atomic mass is 16.5. The zero-order valence-electron chi connectivity index (χ0n) is 10.5. The lowest BCUT2D eigenvalue weighted by atomic mass is 9.95. The molecular weight excluding hydrogens is 192 g/mol. The van der Waals surface area contributed by atoms with E-state index < -0.39 is 5.54 Å². The van der Waals surface area contributed by atoms with Crippen molar-refractivity contribution in [3.8, 4) is 0 Å². The maximum Gasteiger partial charge on any atom is 0.0609 e. The van der Waals surface area contributed by atoms with Gasteiger partial charge in [0.1, 0.15) is 0 Å². The number of ether oxygens (including phenoxy) is 1. The second kappa shape index (κ2) is 7.17. The Morgan fingerprint density at radius 1 is 1.53 bits per heavy atom. The smallest absolute Gasteiger partial charge is 0.0609 e. The fourth-order valence-electron chi connectivity index (χ4n) is 1.47. The van der Waals surface area contributed by atoms with Crippen LogP contribution in [0.25, 0.3) is 0 Å². The van der Waals surface area contributed by atoms with E-state index in [1.807, 2.05) is 13.8 Å². The zero-order valence-corrected chi connectivity index (χ0v) is 10.5. The van der Waals surface area contributed by atoms with Gasteiger partial charge in [0.2, 0.25) is 0 Å². The van der Waals surface area contributed by atoms with E-state index in [-0.39, 0.29) is 6.61 Å². The molecule has 0 rings (SSSR count). The lowest BCUT2D eigenvalue weighted by Gasteiger charge is -2.31. The Kier molecular flexibility index (Phi) is 7.09. The molecule has 0 aliphatic carbocycles. The number of aliphatic hydroxyl groups excluding tert-OH is 1. The fraction of sp³-hybridized carbons (Fsp3) is 1.00. The van der Waals surface area contributed by atoms with Crippen LogP contribution in [0.5, 0.6) is 0 Å². The highest BCUT2D eigenvalue weighted by Gasteiger charge is 2.22. The first-order valence-corrected chi connectivity index (χ1v) is 5.60.